The molecule has 0 atom stereocenters. The number of aryl methyl sites for hydroxylation is 1. The van der Waals surface area contributed by atoms with Crippen LogP contribution in [0.4, 0.5) is 0 Å². The Bertz CT molecular complexity index is 581. The van der Waals surface area contributed by atoms with Crippen LogP contribution >= 0.6 is 11.3 Å². The van der Waals surface area contributed by atoms with Gasteiger partial charge in [0.15, 0.2) is 0 Å². The van der Waals surface area contributed by atoms with Crippen molar-refractivity contribution in [3.05, 3.63) is 29.8 Å². The second-order valence-electron chi connectivity index (χ2n) is 3.03. The number of thiophene rings is 1. The Morgan fingerprint density at radius 1 is 1.36 bits per heavy atom. The highest BCUT2D eigenvalue weighted by Gasteiger charge is 2.14. The van der Waals surface area contributed by atoms with Gasteiger partial charge in [-0.2, -0.15) is 8.42 Å². The highest BCUT2D eigenvalue weighted by atomic mass is 32.3. The third kappa shape index (κ3) is 1.54. The van der Waals surface area contributed by atoms with E-state index in [4.69, 9.17) is 4.55 Å². The minimum atomic E-state index is -4.06. The van der Waals surface area contributed by atoms with E-state index >= 15 is 0 Å². The molecule has 1 heterocycles. The lowest BCUT2D eigenvalue weighted by Crippen LogP contribution is -1.93. The molecule has 14 heavy (non-hydrogen) atoms. The van der Waals surface area contributed by atoms with Gasteiger partial charge in [-0.3, -0.25) is 4.55 Å². The zero-order chi connectivity index (χ0) is 10.3. The quantitative estimate of drug-likeness (QED) is 0.763. The maximum absolute atomic E-state index is 10.9. The van der Waals surface area contributed by atoms with E-state index < -0.39 is 10.1 Å². The van der Waals surface area contributed by atoms with Crippen LogP contribution in [0.25, 0.3) is 10.1 Å². The number of hydrogen-bond donors (Lipinski definition) is 1. The van der Waals surface area contributed by atoms with Crippen LogP contribution < -0.4 is 0 Å². The van der Waals surface area contributed by atoms with Gasteiger partial charge in [0, 0.05) is 4.70 Å². The van der Waals surface area contributed by atoms with Crippen molar-refractivity contribution in [3.63, 3.8) is 0 Å². The molecule has 0 aliphatic heterocycles. The van der Waals surface area contributed by atoms with Gasteiger partial charge in [0.05, 0.1) is 0 Å². The molecule has 0 saturated carbocycles. The number of hydrogen-bond acceptors (Lipinski definition) is 3. The molecule has 0 radical (unpaired) electrons. The molecule has 0 spiro atoms. The first-order valence-corrected chi connectivity index (χ1v) is 6.21. The molecule has 0 saturated heterocycles. The SMILES string of the molecule is Cc1cccc2sc(S(=O)(=O)O)cc12. The summed E-state index contributed by atoms with van der Waals surface area (Å²) in [4.78, 5) is 0. The van der Waals surface area contributed by atoms with Crippen molar-refractivity contribution in [1.29, 1.82) is 0 Å². The molecular formula is C9H8O3S2. The van der Waals surface area contributed by atoms with E-state index in [0.717, 1.165) is 27.0 Å². The van der Waals surface area contributed by atoms with Crippen molar-refractivity contribution in [2.24, 2.45) is 0 Å². The summed E-state index contributed by atoms with van der Waals surface area (Å²) in [6.45, 7) is 1.91. The van der Waals surface area contributed by atoms with Crippen LogP contribution in [0.1, 0.15) is 5.56 Å². The van der Waals surface area contributed by atoms with Gasteiger partial charge in [-0.1, -0.05) is 12.1 Å². The molecule has 0 aliphatic carbocycles. The Morgan fingerprint density at radius 3 is 2.64 bits per heavy atom. The van der Waals surface area contributed by atoms with Crippen LogP contribution in [-0.4, -0.2) is 13.0 Å². The normalized spacial score (nSPS) is 12.1. The van der Waals surface area contributed by atoms with Gasteiger partial charge in [0.25, 0.3) is 0 Å². The van der Waals surface area contributed by atoms with Gasteiger partial charge in [0.1, 0.15) is 4.21 Å². The second kappa shape index (κ2) is 3.05. The first-order valence-electron chi connectivity index (χ1n) is 3.95. The van der Waals surface area contributed by atoms with Crippen LogP contribution in [0.3, 0.4) is 0 Å². The lowest BCUT2D eigenvalue weighted by atomic mass is 10.2. The Balaban J connectivity index is 2.81. The van der Waals surface area contributed by atoms with Crippen molar-refractivity contribution < 1.29 is 13.0 Å². The maximum atomic E-state index is 10.9. The fourth-order valence-corrected chi connectivity index (χ4v) is 3.14. The predicted molar refractivity (Wildman–Crippen MR) is 56.4 cm³/mol. The van der Waals surface area contributed by atoms with Gasteiger partial charge < -0.3 is 0 Å². The summed E-state index contributed by atoms with van der Waals surface area (Å²) >= 11 is 1.08. The summed E-state index contributed by atoms with van der Waals surface area (Å²) in [7, 11) is -4.06. The van der Waals surface area contributed by atoms with Crippen LogP contribution in [0.15, 0.2) is 28.5 Å². The molecule has 5 heteroatoms. The van der Waals surface area contributed by atoms with Crippen LogP contribution in [0.5, 0.6) is 0 Å². The summed E-state index contributed by atoms with van der Waals surface area (Å²) in [5.74, 6) is 0. The fourth-order valence-electron chi connectivity index (χ4n) is 1.31. The average Bonchev–Trinajstić information content (AvgIpc) is 2.48. The topological polar surface area (TPSA) is 54.4 Å². The van der Waals surface area contributed by atoms with Gasteiger partial charge in [0.2, 0.25) is 0 Å². The van der Waals surface area contributed by atoms with Crippen molar-refractivity contribution in [3.8, 4) is 0 Å². The van der Waals surface area contributed by atoms with E-state index in [1.54, 1.807) is 0 Å². The number of fused-ring (bicyclic) bond motifs is 1. The predicted octanol–water partition coefficient (Wildman–Crippen LogP) is 2.46. The van der Waals surface area contributed by atoms with Gasteiger partial charge >= 0.3 is 10.1 Å². The van der Waals surface area contributed by atoms with Crippen molar-refractivity contribution in [1.82, 2.24) is 0 Å². The molecule has 3 nitrogen and oxygen atoms in total. The van der Waals surface area contributed by atoms with Crippen molar-refractivity contribution >= 4 is 31.5 Å². The number of rotatable bonds is 1. The molecule has 74 valence electrons. The lowest BCUT2D eigenvalue weighted by Gasteiger charge is -1.91. The zero-order valence-corrected chi connectivity index (χ0v) is 9.02. The molecule has 0 amide bonds. The molecule has 0 fully saturated rings. The zero-order valence-electron chi connectivity index (χ0n) is 7.39. The smallest absolute Gasteiger partial charge is 0.281 e. The molecule has 2 rings (SSSR count). The lowest BCUT2D eigenvalue weighted by molar-refractivity contribution is 0.485. The Kier molecular flexibility index (Phi) is 2.10. The van der Waals surface area contributed by atoms with E-state index in [2.05, 4.69) is 0 Å². The van der Waals surface area contributed by atoms with Crippen molar-refractivity contribution in [2.45, 2.75) is 11.1 Å². The van der Waals surface area contributed by atoms with E-state index in [1.807, 2.05) is 25.1 Å². The van der Waals surface area contributed by atoms with E-state index in [0.29, 0.717) is 0 Å². The Hall–Kier alpha value is -0.910. The second-order valence-corrected chi connectivity index (χ2v) is 5.76. The van der Waals surface area contributed by atoms with Crippen LogP contribution in [0.2, 0.25) is 0 Å². The van der Waals surface area contributed by atoms with Crippen LogP contribution in [-0.2, 0) is 10.1 Å². The first-order chi connectivity index (χ1) is 6.48. The van der Waals surface area contributed by atoms with E-state index in [9.17, 15) is 8.42 Å². The third-order valence-corrected chi connectivity index (χ3v) is 4.41. The monoisotopic (exact) mass is 228 g/mol. The molecule has 1 aromatic heterocycles. The Labute approximate surface area is 85.7 Å². The first kappa shape index (κ1) is 9.64. The molecular weight excluding hydrogens is 220 g/mol. The van der Waals surface area contributed by atoms with Gasteiger partial charge in [-0.15, -0.1) is 11.3 Å². The minimum Gasteiger partial charge on any atom is -0.281 e. The highest BCUT2D eigenvalue weighted by Crippen LogP contribution is 2.30. The number of benzene rings is 1. The average molecular weight is 228 g/mol. The molecule has 0 unspecified atom stereocenters. The maximum Gasteiger partial charge on any atom is 0.304 e. The van der Waals surface area contributed by atoms with Crippen LogP contribution in [0, 0.1) is 6.92 Å². The molecule has 0 bridgehead atoms. The van der Waals surface area contributed by atoms with E-state index in [1.165, 1.54) is 6.07 Å². The molecule has 2 aromatic rings. The summed E-state index contributed by atoms with van der Waals surface area (Å²) < 4.78 is 31.5. The summed E-state index contributed by atoms with van der Waals surface area (Å²) in [6, 6.07) is 7.11. The van der Waals surface area contributed by atoms with Gasteiger partial charge in [-0.05, 0) is 30.0 Å². The van der Waals surface area contributed by atoms with E-state index in [-0.39, 0.29) is 4.21 Å². The fraction of sp³-hybridized carbons (Fsp3) is 0.111. The molecule has 1 N–H and O–H groups in total. The largest absolute Gasteiger partial charge is 0.304 e. The standard InChI is InChI=1S/C9H8O3S2/c1-6-3-2-4-8-7(6)5-9(13-8)14(10,11)12/h2-5H,1H3,(H,10,11,12). The molecule has 1 aromatic carbocycles. The van der Waals surface area contributed by atoms with Crippen molar-refractivity contribution in [2.75, 3.05) is 0 Å². The minimum absolute atomic E-state index is 0.00167. The summed E-state index contributed by atoms with van der Waals surface area (Å²) in [5, 5.41) is 0.880. The third-order valence-electron chi connectivity index (χ3n) is 2.01. The summed E-state index contributed by atoms with van der Waals surface area (Å²) in [5.41, 5.74) is 1.01. The Morgan fingerprint density at radius 2 is 2.07 bits per heavy atom. The highest BCUT2D eigenvalue weighted by molar-refractivity contribution is 7.88. The molecule has 0 aliphatic rings. The summed E-state index contributed by atoms with van der Waals surface area (Å²) in [6.07, 6.45) is 0. The van der Waals surface area contributed by atoms with Gasteiger partial charge in [-0.25, -0.2) is 0 Å².